The summed E-state index contributed by atoms with van der Waals surface area (Å²) in [4.78, 5) is 37.4. The van der Waals surface area contributed by atoms with Gasteiger partial charge in [-0.2, -0.15) is 0 Å². The van der Waals surface area contributed by atoms with Crippen LogP contribution < -0.4 is 10.1 Å². The van der Waals surface area contributed by atoms with E-state index >= 15 is 0 Å². The van der Waals surface area contributed by atoms with Gasteiger partial charge in [0, 0.05) is 11.4 Å². The number of ether oxygens (including phenoxy) is 4. The number of nitrogens with one attached hydrogen (secondary N) is 1. The topological polar surface area (TPSA) is 100 Å². The Morgan fingerprint density at radius 2 is 1.43 bits per heavy atom. The predicted molar refractivity (Wildman–Crippen MR) is 109 cm³/mol. The number of para-hydroxylation sites is 1. The first-order chi connectivity index (χ1) is 14.2. The molecule has 1 aromatic carbocycles. The van der Waals surface area contributed by atoms with Crippen molar-refractivity contribution in [3.05, 3.63) is 50.8 Å². The van der Waals surface area contributed by atoms with E-state index < -0.39 is 23.8 Å². The Bertz CT molecular complexity index is 865. The van der Waals surface area contributed by atoms with E-state index in [1.54, 1.807) is 32.0 Å². The van der Waals surface area contributed by atoms with Crippen LogP contribution in [0.3, 0.4) is 0 Å². The lowest BCUT2D eigenvalue weighted by Crippen LogP contribution is -2.38. The summed E-state index contributed by atoms with van der Waals surface area (Å²) in [5, 5.41) is 3.51. The Morgan fingerprint density at radius 1 is 0.933 bits per heavy atom. The molecule has 2 rings (SSSR count). The Balaban J connectivity index is 2.18. The standard InChI is InChI=1S/C20H21Cl2NO7/c1-10-14(18(24)27-3)16(15(11(2)23-10)19(25)28-4)20(26)30-9-8-29-17-12(21)6-5-7-13(17)22/h5-7,16,23H,8-9H2,1-4H3. The van der Waals surface area contributed by atoms with Gasteiger partial charge in [-0.1, -0.05) is 29.3 Å². The minimum Gasteiger partial charge on any atom is -0.487 e. The number of hydrogen-bond acceptors (Lipinski definition) is 8. The van der Waals surface area contributed by atoms with E-state index in [0.717, 1.165) is 0 Å². The van der Waals surface area contributed by atoms with Crippen LogP contribution >= 0.6 is 23.2 Å². The highest BCUT2D eigenvalue weighted by Crippen LogP contribution is 2.33. The molecule has 0 atom stereocenters. The molecule has 1 aromatic rings. The van der Waals surface area contributed by atoms with Crippen LogP contribution in [0.15, 0.2) is 40.7 Å². The lowest BCUT2D eigenvalue weighted by Gasteiger charge is -2.28. The summed E-state index contributed by atoms with van der Waals surface area (Å²) in [6.07, 6.45) is 0. The van der Waals surface area contributed by atoms with Gasteiger partial charge in [-0.15, -0.1) is 0 Å². The summed E-state index contributed by atoms with van der Waals surface area (Å²) in [7, 11) is 2.35. The molecular weight excluding hydrogens is 437 g/mol. The zero-order valence-corrected chi connectivity index (χ0v) is 18.3. The monoisotopic (exact) mass is 457 g/mol. The van der Waals surface area contributed by atoms with Gasteiger partial charge in [-0.25, -0.2) is 9.59 Å². The van der Waals surface area contributed by atoms with E-state index in [-0.39, 0.29) is 30.1 Å². The van der Waals surface area contributed by atoms with Crippen molar-refractivity contribution in [3.8, 4) is 5.75 Å². The fraction of sp³-hybridized carbons (Fsp3) is 0.350. The normalized spacial score (nSPS) is 14.2. The van der Waals surface area contributed by atoms with Crippen molar-refractivity contribution in [1.29, 1.82) is 0 Å². The molecule has 0 bridgehead atoms. The summed E-state index contributed by atoms with van der Waals surface area (Å²) < 4.78 is 20.3. The van der Waals surface area contributed by atoms with E-state index in [2.05, 4.69) is 5.32 Å². The summed E-state index contributed by atoms with van der Waals surface area (Å²) in [5.74, 6) is -3.42. The molecule has 0 fully saturated rings. The zero-order valence-electron chi connectivity index (χ0n) is 16.8. The van der Waals surface area contributed by atoms with Gasteiger partial charge in [0.05, 0.1) is 35.4 Å². The van der Waals surface area contributed by atoms with Crippen LogP contribution in [0.25, 0.3) is 0 Å². The Hall–Kier alpha value is -2.71. The quantitative estimate of drug-likeness (QED) is 0.378. The number of halogens is 2. The van der Waals surface area contributed by atoms with Crippen LogP contribution in [0.2, 0.25) is 10.0 Å². The maximum absolute atomic E-state index is 12.9. The van der Waals surface area contributed by atoms with Crippen molar-refractivity contribution in [2.24, 2.45) is 5.92 Å². The number of hydrogen-bond donors (Lipinski definition) is 1. The number of dihydropyridines is 1. The summed E-state index contributed by atoms with van der Waals surface area (Å²) in [6, 6.07) is 4.88. The first-order valence-electron chi connectivity index (χ1n) is 8.81. The average Bonchev–Trinajstić information content (AvgIpc) is 2.71. The van der Waals surface area contributed by atoms with Gasteiger partial charge in [0.15, 0.2) is 5.75 Å². The Kier molecular flexibility index (Phi) is 8.14. The highest BCUT2D eigenvalue weighted by atomic mass is 35.5. The lowest BCUT2D eigenvalue weighted by atomic mass is 9.85. The van der Waals surface area contributed by atoms with Gasteiger partial charge >= 0.3 is 17.9 Å². The second kappa shape index (κ2) is 10.4. The fourth-order valence-electron chi connectivity index (χ4n) is 2.98. The number of esters is 3. The third-order valence-electron chi connectivity index (χ3n) is 4.30. The third kappa shape index (κ3) is 5.06. The smallest absolute Gasteiger partial charge is 0.336 e. The minimum atomic E-state index is -1.31. The van der Waals surface area contributed by atoms with Crippen molar-refractivity contribution in [1.82, 2.24) is 5.32 Å². The molecule has 162 valence electrons. The van der Waals surface area contributed by atoms with E-state index in [0.29, 0.717) is 21.4 Å². The molecule has 0 spiro atoms. The van der Waals surface area contributed by atoms with E-state index in [9.17, 15) is 14.4 Å². The Morgan fingerprint density at radius 3 is 1.90 bits per heavy atom. The highest BCUT2D eigenvalue weighted by Gasteiger charge is 2.42. The number of carbonyl (C=O) groups excluding carboxylic acids is 3. The molecule has 0 aliphatic carbocycles. The molecule has 1 N–H and O–H groups in total. The second-order valence-corrected chi connectivity index (χ2v) is 7.00. The molecule has 30 heavy (non-hydrogen) atoms. The number of rotatable bonds is 7. The molecule has 0 radical (unpaired) electrons. The van der Waals surface area contributed by atoms with Crippen LogP contribution in [-0.2, 0) is 28.6 Å². The fourth-order valence-corrected chi connectivity index (χ4v) is 3.49. The van der Waals surface area contributed by atoms with Crippen LogP contribution in [0.1, 0.15) is 13.8 Å². The molecule has 0 amide bonds. The third-order valence-corrected chi connectivity index (χ3v) is 4.89. The predicted octanol–water partition coefficient (Wildman–Crippen LogP) is 3.03. The molecule has 1 aliphatic rings. The zero-order chi connectivity index (χ0) is 22.4. The molecule has 10 heteroatoms. The van der Waals surface area contributed by atoms with Gasteiger partial charge in [-0.05, 0) is 26.0 Å². The second-order valence-electron chi connectivity index (χ2n) is 6.19. The Labute approximate surface area is 183 Å². The largest absolute Gasteiger partial charge is 0.487 e. The van der Waals surface area contributed by atoms with Gasteiger partial charge < -0.3 is 24.3 Å². The number of carbonyl (C=O) groups is 3. The lowest BCUT2D eigenvalue weighted by molar-refractivity contribution is -0.151. The minimum absolute atomic E-state index is 0.0384. The van der Waals surface area contributed by atoms with Crippen molar-refractivity contribution in [3.63, 3.8) is 0 Å². The molecule has 0 saturated carbocycles. The summed E-state index contributed by atoms with van der Waals surface area (Å²) in [6.45, 7) is 2.96. The molecular formula is C20H21Cl2NO7. The van der Waals surface area contributed by atoms with Crippen molar-refractivity contribution in [2.45, 2.75) is 13.8 Å². The van der Waals surface area contributed by atoms with Gasteiger partial charge in [-0.3, -0.25) is 4.79 Å². The van der Waals surface area contributed by atoms with Gasteiger partial charge in [0.1, 0.15) is 19.1 Å². The number of benzene rings is 1. The van der Waals surface area contributed by atoms with E-state index in [1.807, 2.05) is 0 Å². The first kappa shape index (κ1) is 23.6. The summed E-state index contributed by atoms with van der Waals surface area (Å²) in [5.41, 5.74) is 0.660. The van der Waals surface area contributed by atoms with Crippen LogP contribution in [0.4, 0.5) is 0 Å². The van der Waals surface area contributed by atoms with Crippen LogP contribution in [0, 0.1) is 5.92 Å². The maximum Gasteiger partial charge on any atom is 0.336 e. The van der Waals surface area contributed by atoms with Crippen molar-refractivity contribution >= 4 is 41.1 Å². The SMILES string of the molecule is COC(=O)C1=C(C)NC(C)=C(C(=O)OC)C1C(=O)OCCOc1c(Cl)cccc1Cl. The van der Waals surface area contributed by atoms with Gasteiger partial charge in [0.2, 0.25) is 0 Å². The van der Waals surface area contributed by atoms with E-state index in [1.165, 1.54) is 14.2 Å². The number of methoxy groups -OCH3 is 2. The van der Waals surface area contributed by atoms with Crippen molar-refractivity contribution in [2.75, 3.05) is 27.4 Å². The average molecular weight is 458 g/mol. The molecule has 8 nitrogen and oxygen atoms in total. The molecule has 1 aliphatic heterocycles. The molecule has 0 unspecified atom stereocenters. The summed E-state index contributed by atoms with van der Waals surface area (Å²) >= 11 is 12.1. The maximum atomic E-state index is 12.9. The number of allylic oxidation sites excluding steroid dienone is 2. The molecule has 1 heterocycles. The first-order valence-corrected chi connectivity index (χ1v) is 9.57. The van der Waals surface area contributed by atoms with Crippen LogP contribution in [-0.4, -0.2) is 45.3 Å². The molecule has 0 aromatic heterocycles. The van der Waals surface area contributed by atoms with Gasteiger partial charge in [0.25, 0.3) is 0 Å². The van der Waals surface area contributed by atoms with E-state index in [4.69, 9.17) is 42.1 Å². The highest BCUT2D eigenvalue weighted by molar-refractivity contribution is 6.37. The van der Waals surface area contributed by atoms with Crippen LogP contribution in [0.5, 0.6) is 5.75 Å². The molecule has 0 saturated heterocycles. The van der Waals surface area contributed by atoms with Crippen molar-refractivity contribution < 1.29 is 33.3 Å².